The Hall–Kier alpha value is -2.96. The number of benzene rings is 1. The first-order chi connectivity index (χ1) is 13.0. The van der Waals surface area contributed by atoms with Gasteiger partial charge in [-0.3, -0.25) is 9.59 Å². The first kappa shape index (κ1) is 18.8. The van der Waals surface area contributed by atoms with Gasteiger partial charge in [0.25, 0.3) is 5.91 Å². The van der Waals surface area contributed by atoms with E-state index >= 15 is 0 Å². The van der Waals surface area contributed by atoms with Crippen LogP contribution in [-0.4, -0.2) is 57.8 Å². The molecule has 0 saturated carbocycles. The lowest BCUT2D eigenvalue weighted by atomic mass is 10.0. The Bertz CT molecular complexity index is 829. The summed E-state index contributed by atoms with van der Waals surface area (Å²) in [4.78, 5) is 36.3. The Morgan fingerprint density at radius 3 is 2.37 bits per heavy atom. The minimum absolute atomic E-state index is 0.0411. The fraction of sp³-hybridized carbons (Fsp3) is 0.400. The van der Waals surface area contributed by atoms with E-state index < -0.39 is 0 Å². The van der Waals surface area contributed by atoms with Crippen molar-refractivity contribution in [3.05, 3.63) is 47.8 Å². The third kappa shape index (κ3) is 4.42. The normalized spacial score (nSPS) is 14.4. The maximum absolute atomic E-state index is 12.8. The number of aromatic nitrogens is 2. The van der Waals surface area contributed by atoms with Gasteiger partial charge in [0.2, 0.25) is 11.9 Å². The first-order valence-electron chi connectivity index (χ1n) is 9.19. The lowest BCUT2D eigenvalue weighted by Gasteiger charge is -2.34. The molecule has 1 saturated heterocycles. The highest BCUT2D eigenvalue weighted by Crippen LogP contribution is 2.25. The molecule has 2 aromatic rings. The van der Waals surface area contributed by atoms with E-state index in [1.165, 1.54) is 0 Å². The van der Waals surface area contributed by atoms with E-state index in [1.807, 2.05) is 18.2 Å². The number of anilines is 2. The molecule has 142 valence electrons. The summed E-state index contributed by atoms with van der Waals surface area (Å²) in [5.41, 5.74) is 2.45. The molecule has 2 amide bonds. The van der Waals surface area contributed by atoms with Crippen molar-refractivity contribution in [1.29, 1.82) is 0 Å². The zero-order chi connectivity index (χ0) is 19.4. The minimum atomic E-state index is -0.138. The molecule has 0 atom stereocenters. The molecule has 1 fully saturated rings. The van der Waals surface area contributed by atoms with Gasteiger partial charge in [-0.2, -0.15) is 0 Å². The summed E-state index contributed by atoms with van der Waals surface area (Å²) in [6, 6.07) is 9.63. The zero-order valence-corrected chi connectivity index (χ0v) is 16.0. The zero-order valence-electron chi connectivity index (χ0n) is 16.0. The van der Waals surface area contributed by atoms with Crippen LogP contribution in [0.15, 0.2) is 36.5 Å². The number of para-hydroxylation sites is 1. The predicted molar refractivity (Wildman–Crippen MR) is 104 cm³/mol. The van der Waals surface area contributed by atoms with Crippen LogP contribution in [0.4, 0.5) is 11.6 Å². The number of nitrogens with zero attached hydrogens (tertiary/aromatic N) is 4. The highest BCUT2D eigenvalue weighted by molar-refractivity contribution is 5.92. The van der Waals surface area contributed by atoms with Gasteiger partial charge in [0.15, 0.2) is 0 Å². The second kappa shape index (κ2) is 8.16. The van der Waals surface area contributed by atoms with Crippen LogP contribution >= 0.6 is 0 Å². The van der Waals surface area contributed by atoms with Crippen molar-refractivity contribution in [3.63, 3.8) is 0 Å². The van der Waals surface area contributed by atoms with Gasteiger partial charge >= 0.3 is 0 Å². The lowest BCUT2D eigenvalue weighted by molar-refractivity contribution is -0.130. The van der Waals surface area contributed by atoms with Crippen LogP contribution in [0.3, 0.4) is 0 Å². The topological polar surface area (TPSA) is 78.4 Å². The van der Waals surface area contributed by atoms with Crippen molar-refractivity contribution in [2.45, 2.75) is 26.7 Å². The van der Waals surface area contributed by atoms with E-state index in [2.05, 4.69) is 35.2 Å². The number of carbonyl (C=O) groups excluding carboxylic acids is 2. The molecule has 0 spiro atoms. The van der Waals surface area contributed by atoms with Crippen molar-refractivity contribution in [3.8, 4) is 0 Å². The molecule has 0 aliphatic carbocycles. The number of hydrogen-bond acceptors (Lipinski definition) is 5. The van der Waals surface area contributed by atoms with Crippen LogP contribution in [0.5, 0.6) is 0 Å². The highest BCUT2D eigenvalue weighted by atomic mass is 16.2. The van der Waals surface area contributed by atoms with Crippen molar-refractivity contribution in [2.75, 3.05) is 31.5 Å². The Morgan fingerprint density at radius 2 is 1.70 bits per heavy atom. The summed E-state index contributed by atoms with van der Waals surface area (Å²) < 4.78 is 0. The standard InChI is InChI=1S/C20H25N5O2/c1-14(2)16-6-4-5-7-17(16)22-20-21-9-8-18(23-20)19(27)25-12-10-24(11-13-25)15(3)26/h4-9,14H,10-13H2,1-3H3,(H,21,22,23). The van der Waals surface area contributed by atoms with Gasteiger partial charge < -0.3 is 15.1 Å². The highest BCUT2D eigenvalue weighted by Gasteiger charge is 2.24. The molecule has 0 bridgehead atoms. The first-order valence-corrected chi connectivity index (χ1v) is 9.19. The molecule has 1 aromatic heterocycles. The van der Waals surface area contributed by atoms with E-state index in [9.17, 15) is 9.59 Å². The number of amides is 2. The molecule has 0 radical (unpaired) electrons. The van der Waals surface area contributed by atoms with Crippen LogP contribution in [0.2, 0.25) is 0 Å². The largest absolute Gasteiger partial charge is 0.339 e. The fourth-order valence-electron chi connectivity index (χ4n) is 3.16. The Kier molecular flexibility index (Phi) is 5.69. The molecule has 3 rings (SSSR count). The van der Waals surface area contributed by atoms with Crippen molar-refractivity contribution < 1.29 is 9.59 Å². The quantitative estimate of drug-likeness (QED) is 0.899. The Morgan fingerprint density at radius 1 is 1.04 bits per heavy atom. The van der Waals surface area contributed by atoms with Crippen LogP contribution < -0.4 is 5.32 Å². The van der Waals surface area contributed by atoms with Gasteiger partial charge in [0.05, 0.1) is 0 Å². The lowest BCUT2D eigenvalue weighted by Crippen LogP contribution is -2.50. The number of nitrogens with one attached hydrogen (secondary N) is 1. The molecule has 1 aliphatic rings. The number of hydrogen-bond donors (Lipinski definition) is 1. The van der Waals surface area contributed by atoms with Gasteiger partial charge in [-0.25, -0.2) is 9.97 Å². The summed E-state index contributed by atoms with van der Waals surface area (Å²) in [6.45, 7) is 7.94. The average molecular weight is 367 g/mol. The molecular weight excluding hydrogens is 342 g/mol. The summed E-state index contributed by atoms with van der Waals surface area (Å²) in [5.74, 6) is 0.660. The van der Waals surface area contributed by atoms with Crippen LogP contribution in [-0.2, 0) is 4.79 Å². The van der Waals surface area contributed by atoms with E-state index in [4.69, 9.17) is 0 Å². The molecule has 1 aromatic carbocycles. The second-order valence-corrected chi connectivity index (χ2v) is 6.93. The maximum Gasteiger partial charge on any atom is 0.272 e. The summed E-state index contributed by atoms with van der Waals surface area (Å²) in [6.07, 6.45) is 1.59. The smallest absolute Gasteiger partial charge is 0.272 e. The molecular formula is C20H25N5O2. The van der Waals surface area contributed by atoms with Gasteiger partial charge in [0.1, 0.15) is 5.69 Å². The fourth-order valence-corrected chi connectivity index (χ4v) is 3.16. The van der Waals surface area contributed by atoms with E-state index in [0.29, 0.717) is 43.7 Å². The second-order valence-electron chi connectivity index (χ2n) is 6.93. The maximum atomic E-state index is 12.8. The molecule has 7 nitrogen and oxygen atoms in total. The molecule has 0 unspecified atom stereocenters. The molecule has 2 heterocycles. The minimum Gasteiger partial charge on any atom is -0.339 e. The number of piperazine rings is 1. The predicted octanol–water partition coefficient (Wildman–Crippen LogP) is 2.65. The Balaban J connectivity index is 1.73. The van der Waals surface area contributed by atoms with Gasteiger partial charge in [0, 0.05) is 45.0 Å². The summed E-state index contributed by atoms with van der Waals surface area (Å²) >= 11 is 0. The van der Waals surface area contributed by atoms with Crippen LogP contribution in [0.25, 0.3) is 0 Å². The molecule has 27 heavy (non-hydrogen) atoms. The summed E-state index contributed by atoms with van der Waals surface area (Å²) in [5, 5.41) is 3.23. The molecule has 7 heteroatoms. The van der Waals surface area contributed by atoms with Crippen molar-refractivity contribution in [2.24, 2.45) is 0 Å². The van der Waals surface area contributed by atoms with Crippen molar-refractivity contribution in [1.82, 2.24) is 19.8 Å². The van der Waals surface area contributed by atoms with Crippen LogP contribution in [0, 0.1) is 0 Å². The third-order valence-electron chi connectivity index (χ3n) is 4.72. The van der Waals surface area contributed by atoms with Gasteiger partial charge in [-0.1, -0.05) is 32.0 Å². The van der Waals surface area contributed by atoms with Crippen LogP contribution in [0.1, 0.15) is 42.7 Å². The molecule has 1 N–H and O–H groups in total. The third-order valence-corrected chi connectivity index (χ3v) is 4.72. The van der Waals surface area contributed by atoms with E-state index in [1.54, 1.807) is 29.0 Å². The Labute approximate surface area is 159 Å². The average Bonchev–Trinajstić information content (AvgIpc) is 2.68. The number of carbonyl (C=O) groups is 2. The van der Waals surface area contributed by atoms with Gasteiger partial charge in [-0.15, -0.1) is 0 Å². The summed E-state index contributed by atoms with van der Waals surface area (Å²) in [7, 11) is 0. The van der Waals surface area contributed by atoms with E-state index in [0.717, 1.165) is 11.3 Å². The SMILES string of the molecule is CC(=O)N1CCN(C(=O)c2ccnc(Nc3ccccc3C(C)C)n2)CC1. The molecule has 1 aliphatic heterocycles. The van der Waals surface area contributed by atoms with Gasteiger partial charge in [-0.05, 0) is 23.6 Å². The van der Waals surface area contributed by atoms with Crippen molar-refractivity contribution >= 4 is 23.5 Å². The monoisotopic (exact) mass is 367 g/mol. The number of rotatable bonds is 4. The van der Waals surface area contributed by atoms with E-state index in [-0.39, 0.29) is 11.8 Å².